The van der Waals surface area contributed by atoms with Crippen molar-refractivity contribution in [2.45, 2.75) is 39.3 Å². The van der Waals surface area contributed by atoms with Gasteiger partial charge in [0.05, 0.1) is 12.9 Å². The number of carbonyl (C=O) groups is 1. The van der Waals surface area contributed by atoms with Gasteiger partial charge in [0.2, 0.25) is 11.8 Å². The number of piperazine rings is 1. The maximum absolute atomic E-state index is 12.6. The Morgan fingerprint density at radius 2 is 2.00 bits per heavy atom. The molecule has 8 nitrogen and oxygen atoms in total. The molecule has 0 aliphatic carbocycles. The smallest absolute Gasteiger partial charge is 0.245 e. The molecular formula is C16H24N6O2. The van der Waals surface area contributed by atoms with Crippen LogP contribution in [0.3, 0.4) is 0 Å². The van der Waals surface area contributed by atoms with Crippen LogP contribution in [0.25, 0.3) is 0 Å². The number of hydrogen-bond acceptors (Lipinski definition) is 6. The van der Waals surface area contributed by atoms with Crippen LogP contribution in [0, 0.1) is 0 Å². The molecule has 0 saturated carbocycles. The van der Waals surface area contributed by atoms with Crippen molar-refractivity contribution in [2.24, 2.45) is 0 Å². The third kappa shape index (κ3) is 3.64. The van der Waals surface area contributed by atoms with E-state index in [-0.39, 0.29) is 17.9 Å². The van der Waals surface area contributed by atoms with Crippen LogP contribution in [0.2, 0.25) is 0 Å². The van der Waals surface area contributed by atoms with Crippen molar-refractivity contribution in [3.63, 3.8) is 0 Å². The normalized spacial score (nSPS) is 17.4. The number of imidazole rings is 1. The van der Waals surface area contributed by atoms with E-state index in [1.807, 2.05) is 36.4 Å². The monoisotopic (exact) mass is 332 g/mol. The molecule has 0 N–H and O–H groups in total. The van der Waals surface area contributed by atoms with E-state index in [0.29, 0.717) is 25.5 Å². The molecule has 2 aromatic rings. The number of rotatable bonds is 5. The largest absolute Gasteiger partial charge is 0.338 e. The zero-order valence-corrected chi connectivity index (χ0v) is 14.4. The van der Waals surface area contributed by atoms with Crippen LogP contribution in [-0.2, 0) is 11.3 Å². The van der Waals surface area contributed by atoms with Crippen molar-refractivity contribution in [1.82, 2.24) is 29.5 Å². The SMILES string of the molecule is CC(C)c1noc(CN2CCN(C(=O)[C@@H](C)n3ccnc3)CC2)n1. The van der Waals surface area contributed by atoms with E-state index < -0.39 is 0 Å². The Hall–Kier alpha value is -2.22. The predicted octanol–water partition coefficient (Wildman–Crippen LogP) is 1.29. The molecule has 1 aliphatic rings. The summed E-state index contributed by atoms with van der Waals surface area (Å²) in [6.45, 7) is 9.66. The first kappa shape index (κ1) is 16.6. The first-order chi connectivity index (χ1) is 11.5. The predicted molar refractivity (Wildman–Crippen MR) is 87.2 cm³/mol. The molecule has 0 bridgehead atoms. The highest BCUT2D eigenvalue weighted by Crippen LogP contribution is 2.15. The highest BCUT2D eigenvalue weighted by molar-refractivity contribution is 5.80. The van der Waals surface area contributed by atoms with Gasteiger partial charge in [-0.1, -0.05) is 19.0 Å². The lowest BCUT2D eigenvalue weighted by atomic mass is 10.2. The molecule has 3 heterocycles. The summed E-state index contributed by atoms with van der Waals surface area (Å²) in [7, 11) is 0. The fourth-order valence-corrected chi connectivity index (χ4v) is 2.77. The van der Waals surface area contributed by atoms with Gasteiger partial charge in [-0.2, -0.15) is 4.98 Å². The summed E-state index contributed by atoms with van der Waals surface area (Å²) in [5.41, 5.74) is 0. The van der Waals surface area contributed by atoms with Crippen LogP contribution in [0.4, 0.5) is 0 Å². The van der Waals surface area contributed by atoms with E-state index in [1.165, 1.54) is 0 Å². The summed E-state index contributed by atoms with van der Waals surface area (Å²) in [5.74, 6) is 1.78. The van der Waals surface area contributed by atoms with E-state index in [4.69, 9.17) is 4.52 Å². The third-order valence-corrected chi connectivity index (χ3v) is 4.37. The van der Waals surface area contributed by atoms with Crippen molar-refractivity contribution in [3.8, 4) is 0 Å². The van der Waals surface area contributed by atoms with Gasteiger partial charge in [-0.15, -0.1) is 0 Å². The second kappa shape index (κ2) is 7.12. The maximum Gasteiger partial charge on any atom is 0.245 e. The van der Waals surface area contributed by atoms with Gasteiger partial charge in [0.15, 0.2) is 5.82 Å². The van der Waals surface area contributed by atoms with Crippen LogP contribution in [0.1, 0.15) is 44.4 Å². The average Bonchev–Trinajstić information content (AvgIpc) is 3.26. The van der Waals surface area contributed by atoms with Gasteiger partial charge in [0.1, 0.15) is 6.04 Å². The van der Waals surface area contributed by atoms with E-state index in [0.717, 1.165) is 18.9 Å². The Morgan fingerprint density at radius 3 is 2.58 bits per heavy atom. The molecule has 1 fully saturated rings. The molecular weight excluding hydrogens is 308 g/mol. The minimum Gasteiger partial charge on any atom is -0.338 e. The summed E-state index contributed by atoms with van der Waals surface area (Å²) in [6.07, 6.45) is 5.19. The van der Waals surface area contributed by atoms with Crippen molar-refractivity contribution >= 4 is 5.91 Å². The van der Waals surface area contributed by atoms with Gasteiger partial charge in [0.25, 0.3) is 0 Å². The van der Waals surface area contributed by atoms with Crippen molar-refractivity contribution in [1.29, 1.82) is 0 Å². The first-order valence-electron chi connectivity index (χ1n) is 8.35. The van der Waals surface area contributed by atoms with Crippen molar-refractivity contribution in [3.05, 3.63) is 30.4 Å². The molecule has 0 aromatic carbocycles. The Bertz CT molecular complexity index is 658. The molecule has 1 atom stereocenters. The highest BCUT2D eigenvalue weighted by atomic mass is 16.5. The molecule has 1 amide bonds. The number of amides is 1. The Labute approximate surface area is 141 Å². The van der Waals surface area contributed by atoms with Gasteiger partial charge in [-0.3, -0.25) is 9.69 Å². The van der Waals surface area contributed by atoms with Crippen LogP contribution in [0.5, 0.6) is 0 Å². The zero-order valence-electron chi connectivity index (χ0n) is 14.4. The lowest BCUT2D eigenvalue weighted by Gasteiger charge is -2.35. The minimum absolute atomic E-state index is 0.132. The molecule has 3 rings (SSSR count). The fraction of sp³-hybridized carbons (Fsp3) is 0.625. The number of aromatic nitrogens is 4. The lowest BCUT2D eigenvalue weighted by Crippen LogP contribution is -2.49. The van der Waals surface area contributed by atoms with Gasteiger partial charge in [-0.25, -0.2) is 4.98 Å². The zero-order chi connectivity index (χ0) is 17.1. The standard InChI is InChI=1S/C16H24N6O2/c1-12(2)15-18-14(24-19-15)10-20-6-8-21(9-7-20)16(23)13(3)22-5-4-17-11-22/h4-5,11-13H,6-10H2,1-3H3/t13-/m1/s1. The molecule has 0 spiro atoms. The molecule has 0 unspecified atom stereocenters. The average molecular weight is 332 g/mol. The maximum atomic E-state index is 12.6. The van der Waals surface area contributed by atoms with Gasteiger partial charge in [0, 0.05) is 44.5 Å². The molecule has 2 aromatic heterocycles. The van der Waals surface area contributed by atoms with E-state index in [9.17, 15) is 4.79 Å². The summed E-state index contributed by atoms with van der Waals surface area (Å²) in [5, 5.41) is 3.99. The third-order valence-electron chi connectivity index (χ3n) is 4.37. The molecule has 1 saturated heterocycles. The lowest BCUT2D eigenvalue weighted by molar-refractivity contribution is -0.136. The second-order valence-corrected chi connectivity index (χ2v) is 6.49. The van der Waals surface area contributed by atoms with E-state index in [1.54, 1.807) is 12.5 Å². The summed E-state index contributed by atoms with van der Waals surface area (Å²) in [4.78, 5) is 25.1. The van der Waals surface area contributed by atoms with Crippen LogP contribution in [0.15, 0.2) is 23.2 Å². The highest BCUT2D eigenvalue weighted by Gasteiger charge is 2.26. The van der Waals surface area contributed by atoms with Crippen LogP contribution >= 0.6 is 0 Å². The molecule has 1 aliphatic heterocycles. The van der Waals surface area contributed by atoms with E-state index in [2.05, 4.69) is 20.0 Å². The number of hydrogen-bond donors (Lipinski definition) is 0. The summed E-state index contributed by atoms with van der Waals surface area (Å²) >= 11 is 0. The Morgan fingerprint density at radius 1 is 1.25 bits per heavy atom. The molecule has 0 radical (unpaired) electrons. The summed E-state index contributed by atoms with van der Waals surface area (Å²) < 4.78 is 7.13. The van der Waals surface area contributed by atoms with Gasteiger partial charge in [-0.05, 0) is 6.92 Å². The molecule has 24 heavy (non-hydrogen) atoms. The van der Waals surface area contributed by atoms with Crippen LogP contribution in [-0.4, -0.2) is 61.6 Å². The fourth-order valence-electron chi connectivity index (χ4n) is 2.77. The van der Waals surface area contributed by atoms with Crippen LogP contribution < -0.4 is 0 Å². The second-order valence-electron chi connectivity index (χ2n) is 6.49. The van der Waals surface area contributed by atoms with Crippen molar-refractivity contribution in [2.75, 3.05) is 26.2 Å². The molecule has 130 valence electrons. The first-order valence-corrected chi connectivity index (χ1v) is 8.35. The molecule has 8 heteroatoms. The van der Waals surface area contributed by atoms with Gasteiger partial charge < -0.3 is 14.0 Å². The topological polar surface area (TPSA) is 80.3 Å². The summed E-state index contributed by atoms with van der Waals surface area (Å²) in [6, 6.07) is -0.219. The Balaban J connectivity index is 1.51. The number of nitrogens with zero attached hydrogens (tertiary/aromatic N) is 6. The quantitative estimate of drug-likeness (QED) is 0.821. The van der Waals surface area contributed by atoms with Crippen molar-refractivity contribution < 1.29 is 9.32 Å². The van der Waals surface area contributed by atoms with E-state index >= 15 is 0 Å². The minimum atomic E-state index is -0.219. The number of carbonyl (C=O) groups excluding carboxylic acids is 1. The van der Waals surface area contributed by atoms with Gasteiger partial charge >= 0.3 is 0 Å². The Kier molecular flexibility index (Phi) is 4.94.